The molecule has 5 rings (SSSR count). The summed E-state index contributed by atoms with van der Waals surface area (Å²) in [5, 5.41) is 8.37. The summed E-state index contributed by atoms with van der Waals surface area (Å²) in [5.74, 6) is -0.760. The number of sulfone groups is 1. The minimum Gasteiger partial charge on any atom is -0.378 e. The third-order valence-electron chi connectivity index (χ3n) is 8.63. The predicted octanol–water partition coefficient (Wildman–Crippen LogP) is 4.40. The lowest BCUT2D eigenvalue weighted by Gasteiger charge is -2.34. The molecular weight excluding hydrogens is 740 g/mol. The summed E-state index contributed by atoms with van der Waals surface area (Å²) in [4.78, 5) is 37.1. The van der Waals surface area contributed by atoms with Gasteiger partial charge in [-0.25, -0.2) is 13.4 Å². The van der Waals surface area contributed by atoms with Crippen LogP contribution in [0.1, 0.15) is 27.0 Å². The number of carbonyl (C=O) groups excluding carboxylic acids is 2. The molecule has 1 aliphatic rings. The van der Waals surface area contributed by atoms with Crippen molar-refractivity contribution in [3.63, 3.8) is 0 Å². The standard InChI is InChI=1S/C38H44F3N7O6S/c1-55(51,52)32-9-5-8-29(24-32)26-43-35-33(38(39,40)41)27-44-37(46-35)45-31-12-10-30(11-13-31)36(50)48-17-15-47(16-18-48)19-21-54-23-22-53-20-14-42-34(49)25-28-6-3-2-4-7-28/h2-13,24,27H,14-23,25-26H2,1H3,(H,42,49)(H2,43,44,45,46). The Morgan fingerprint density at radius 2 is 1.55 bits per heavy atom. The Balaban J connectivity index is 1.00. The van der Waals surface area contributed by atoms with Crippen LogP contribution in [-0.2, 0) is 43.2 Å². The average molecular weight is 784 g/mol. The summed E-state index contributed by atoms with van der Waals surface area (Å²) in [6.07, 6.45) is -2.68. The predicted molar refractivity (Wildman–Crippen MR) is 201 cm³/mol. The Morgan fingerprint density at radius 3 is 2.24 bits per heavy atom. The molecule has 3 aromatic carbocycles. The van der Waals surface area contributed by atoms with Gasteiger partial charge in [-0.3, -0.25) is 14.5 Å². The van der Waals surface area contributed by atoms with Gasteiger partial charge in [-0.2, -0.15) is 18.2 Å². The van der Waals surface area contributed by atoms with Gasteiger partial charge in [-0.05, 0) is 47.5 Å². The van der Waals surface area contributed by atoms with Gasteiger partial charge in [0.15, 0.2) is 9.84 Å². The number of amides is 2. The van der Waals surface area contributed by atoms with Crippen molar-refractivity contribution in [3.05, 3.63) is 107 Å². The molecule has 0 bridgehead atoms. The van der Waals surface area contributed by atoms with Crippen LogP contribution in [0.15, 0.2) is 90.0 Å². The zero-order valence-corrected chi connectivity index (χ0v) is 31.2. The molecule has 13 nitrogen and oxygen atoms in total. The van der Waals surface area contributed by atoms with Gasteiger partial charge < -0.3 is 30.3 Å². The molecular formula is C38H44F3N7O6S. The van der Waals surface area contributed by atoms with Crippen molar-refractivity contribution < 1.29 is 40.7 Å². The first-order valence-corrected chi connectivity index (χ1v) is 19.6. The Hall–Kier alpha value is -5.10. The Morgan fingerprint density at radius 1 is 0.855 bits per heavy atom. The van der Waals surface area contributed by atoms with Crippen molar-refractivity contribution in [2.45, 2.75) is 24.0 Å². The van der Waals surface area contributed by atoms with E-state index in [1.807, 2.05) is 30.3 Å². The zero-order valence-electron chi connectivity index (χ0n) is 30.3. The van der Waals surface area contributed by atoms with Crippen molar-refractivity contribution in [3.8, 4) is 0 Å². The number of carbonyl (C=O) groups is 2. The van der Waals surface area contributed by atoms with E-state index in [0.29, 0.717) is 88.6 Å². The summed E-state index contributed by atoms with van der Waals surface area (Å²) in [6, 6.07) is 21.9. The molecule has 0 radical (unpaired) electrons. The second-order valence-corrected chi connectivity index (χ2v) is 14.8. The molecule has 4 aromatic rings. The molecule has 1 saturated heterocycles. The first kappa shape index (κ1) is 41.1. The quantitative estimate of drug-likeness (QED) is 0.123. The fraction of sp³-hybridized carbons (Fsp3) is 0.368. The van der Waals surface area contributed by atoms with Gasteiger partial charge in [0, 0.05) is 69.5 Å². The van der Waals surface area contributed by atoms with E-state index in [1.54, 1.807) is 35.2 Å². The van der Waals surface area contributed by atoms with Crippen LogP contribution in [0.3, 0.4) is 0 Å². The minimum absolute atomic E-state index is 0.0475. The van der Waals surface area contributed by atoms with Gasteiger partial charge in [0.25, 0.3) is 5.91 Å². The molecule has 1 fully saturated rings. The molecule has 55 heavy (non-hydrogen) atoms. The lowest BCUT2D eigenvalue weighted by molar-refractivity contribution is -0.137. The van der Waals surface area contributed by atoms with Crippen LogP contribution in [0.4, 0.5) is 30.6 Å². The SMILES string of the molecule is CS(=O)(=O)c1cccc(CNc2nc(Nc3ccc(C(=O)N4CCN(CCOCCOCCNC(=O)Cc5ccccc5)CC4)cc3)ncc2C(F)(F)F)c1. The number of aromatic nitrogens is 2. The van der Waals surface area contributed by atoms with Crippen LogP contribution in [0, 0.1) is 0 Å². The summed E-state index contributed by atoms with van der Waals surface area (Å²) in [5.41, 5.74) is 1.26. The molecule has 0 atom stereocenters. The van der Waals surface area contributed by atoms with Crippen LogP contribution in [0.2, 0.25) is 0 Å². The minimum atomic E-state index is -4.74. The highest BCUT2D eigenvalue weighted by Crippen LogP contribution is 2.34. The molecule has 1 aliphatic heterocycles. The van der Waals surface area contributed by atoms with E-state index in [4.69, 9.17) is 9.47 Å². The molecule has 17 heteroatoms. The Kier molecular flexibility index (Phi) is 14.5. The molecule has 294 valence electrons. The van der Waals surface area contributed by atoms with E-state index in [0.717, 1.165) is 18.4 Å². The van der Waals surface area contributed by atoms with Crippen molar-refractivity contribution in [1.29, 1.82) is 0 Å². The normalized spacial score (nSPS) is 13.7. The van der Waals surface area contributed by atoms with E-state index < -0.39 is 27.4 Å². The number of piperazine rings is 1. The summed E-state index contributed by atoms with van der Waals surface area (Å²) in [6.45, 7) is 5.31. The van der Waals surface area contributed by atoms with Crippen LogP contribution >= 0.6 is 0 Å². The number of halogens is 3. The van der Waals surface area contributed by atoms with Gasteiger partial charge in [-0.15, -0.1) is 0 Å². The van der Waals surface area contributed by atoms with E-state index in [2.05, 4.69) is 30.8 Å². The summed E-state index contributed by atoms with van der Waals surface area (Å²) in [7, 11) is -3.50. The average Bonchev–Trinajstić information content (AvgIpc) is 3.16. The maximum atomic E-state index is 13.8. The number of ether oxygens (including phenoxy) is 2. The fourth-order valence-electron chi connectivity index (χ4n) is 5.66. The number of hydrogen-bond acceptors (Lipinski definition) is 11. The second-order valence-electron chi connectivity index (χ2n) is 12.8. The molecule has 2 heterocycles. The van der Waals surface area contributed by atoms with Crippen LogP contribution in [0.5, 0.6) is 0 Å². The van der Waals surface area contributed by atoms with Crippen molar-refractivity contribution in [2.75, 3.05) is 82.6 Å². The van der Waals surface area contributed by atoms with E-state index >= 15 is 0 Å². The lowest BCUT2D eigenvalue weighted by Crippen LogP contribution is -2.49. The molecule has 2 amide bonds. The molecule has 0 aliphatic carbocycles. The van der Waals surface area contributed by atoms with Gasteiger partial charge in [0.05, 0.1) is 37.7 Å². The van der Waals surface area contributed by atoms with Crippen LogP contribution in [-0.4, -0.2) is 112 Å². The number of nitrogens with zero attached hydrogens (tertiary/aromatic N) is 4. The smallest absolute Gasteiger partial charge is 0.378 e. The molecule has 0 saturated carbocycles. The van der Waals surface area contributed by atoms with Gasteiger partial charge >= 0.3 is 6.18 Å². The van der Waals surface area contributed by atoms with Crippen molar-refractivity contribution in [2.24, 2.45) is 0 Å². The van der Waals surface area contributed by atoms with Crippen molar-refractivity contribution >= 4 is 39.1 Å². The molecule has 0 unspecified atom stereocenters. The Labute approximate surface area is 318 Å². The number of benzene rings is 3. The highest BCUT2D eigenvalue weighted by atomic mass is 32.2. The highest BCUT2D eigenvalue weighted by Gasteiger charge is 2.35. The van der Waals surface area contributed by atoms with Crippen molar-refractivity contribution in [1.82, 2.24) is 25.1 Å². The second kappa shape index (κ2) is 19.5. The largest absolute Gasteiger partial charge is 0.421 e. The third-order valence-corrected chi connectivity index (χ3v) is 9.74. The first-order chi connectivity index (χ1) is 26.3. The summed E-state index contributed by atoms with van der Waals surface area (Å²) < 4.78 is 76.3. The first-order valence-electron chi connectivity index (χ1n) is 17.7. The monoisotopic (exact) mass is 783 g/mol. The topological polar surface area (TPSA) is 155 Å². The molecule has 0 spiro atoms. The van der Waals surface area contributed by atoms with Crippen LogP contribution in [0.25, 0.3) is 0 Å². The van der Waals surface area contributed by atoms with Gasteiger partial charge in [0.2, 0.25) is 11.9 Å². The van der Waals surface area contributed by atoms with Crippen LogP contribution < -0.4 is 16.0 Å². The van der Waals surface area contributed by atoms with E-state index in [9.17, 15) is 31.2 Å². The van der Waals surface area contributed by atoms with E-state index in [-0.39, 0.29) is 29.2 Å². The highest BCUT2D eigenvalue weighted by molar-refractivity contribution is 7.90. The number of nitrogens with one attached hydrogen (secondary N) is 3. The third kappa shape index (κ3) is 13.0. The number of alkyl halides is 3. The fourth-order valence-corrected chi connectivity index (χ4v) is 6.35. The number of rotatable bonds is 18. The zero-order chi connectivity index (χ0) is 39.3. The Bertz CT molecular complexity index is 1980. The number of hydrogen-bond donors (Lipinski definition) is 3. The van der Waals surface area contributed by atoms with Gasteiger partial charge in [-0.1, -0.05) is 42.5 Å². The number of anilines is 3. The molecule has 1 aromatic heterocycles. The lowest BCUT2D eigenvalue weighted by atomic mass is 10.1. The summed E-state index contributed by atoms with van der Waals surface area (Å²) >= 11 is 0. The maximum absolute atomic E-state index is 13.8. The van der Waals surface area contributed by atoms with Gasteiger partial charge in [0.1, 0.15) is 11.4 Å². The maximum Gasteiger partial charge on any atom is 0.421 e. The molecule has 3 N–H and O–H groups in total. The van der Waals surface area contributed by atoms with E-state index in [1.165, 1.54) is 18.2 Å².